The van der Waals surface area contributed by atoms with Crippen molar-refractivity contribution >= 4 is 17.5 Å². The van der Waals surface area contributed by atoms with E-state index in [1.54, 1.807) is 32.9 Å². The number of aliphatic hydroxyl groups excluding tert-OH is 1. The first-order chi connectivity index (χ1) is 8.79. The Morgan fingerprint density at radius 2 is 2.26 bits per heavy atom. The topological polar surface area (TPSA) is 58.6 Å². The molecule has 5 heteroatoms. The molecule has 0 saturated heterocycles. The molecular weight excluding hydrogens is 266 g/mol. The second-order valence-electron chi connectivity index (χ2n) is 5.45. The van der Waals surface area contributed by atoms with E-state index in [2.05, 4.69) is 5.32 Å². The molecule has 0 aromatic heterocycles. The van der Waals surface area contributed by atoms with Crippen LogP contribution in [0.15, 0.2) is 18.2 Å². The molecule has 1 aromatic rings. The Bertz CT molecular complexity index is 499. The molecule has 0 bridgehead atoms. The van der Waals surface area contributed by atoms with Gasteiger partial charge in [-0.25, -0.2) is 0 Å². The zero-order valence-corrected chi connectivity index (χ0v) is 12.0. The third-order valence-electron chi connectivity index (χ3n) is 3.48. The predicted molar refractivity (Wildman–Crippen MR) is 73.5 cm³/mol. The molecule has 4 nitrogen and oxygen atoms in total. The molecule has 19 heavy (non-hydrogen) atoms. The van der Waals surface area contributed by atoms with Gasteiger partial charge in [-0.1, -0.05) is 11.6 Å². The lowest BCUT2D eigenvalue weighted by Crippen LogP contribution is -2.54. The number of fused-ring (bicyclic) bond motifs is 1. The minimum atomic E-state index is -0.688. The Hall–Kier alpha value is -1.26. The van der Waals surface area contributed by atoms with Gasteiger partial charge in [0, 0.05) is 11.4 Å². The zero-order valence-electron chi connectivity index (χ0n) is 11.2. The van der Waals surface area contributed by atoms with Crippen molar-refractivity contribution in [2.24, 2.45) is 0 Å². The Kier molecular flexibility index (Phi) is 3.74. The second-order valence-corrected chi connectivity index (χ2v) is 5.89. The molecule has 1 aliphatic heterocycles. The van der Waals surface area contributed by atoms with Crippen LogP contribution in [-0.4, -0.2) is 28.8 Å². The van der Waals surface area contributed by atoms with Crippen molar-refractivity contribution < 1.29 is 14.6 Å². The summed E-state index contributed by atoms with van der Waals surface area (Å²) in [5, 5.41) is 13.0. The highest BCUT2D eigenvalue weighted by Gasteiger charge is 2.34. The first-order valence-corrected chi connectivity index (χ1v) is 6.62. The first kappa shape index (κ1) is 14.2. The number of halogens is 1. The number of benzene rings is 1. The van der Waals surface area contributed by atoms with E-state index in [9.17, 15) is 9.90 Å². The molecule has 0 radical (unpaired) electrons. The maximum Gasteiger partial charge on any atom is 0.261 e. The molecule has 2 N–H and O–H groups in total. The molecule has 0 saturated carbocycles. The Balaban J connectivity index is 2.05. The normalized spacial score (nSPS) is 19.5. The fourth-order valence-corrected chi connectivity index (χ4v) is 2.06. The number of rotatable bonds is 3. The van der Waals surface area contributed by atoms with E-state index in [1.165, 1.54) is 0 Å². The van der Waals surface area contributed by atoms with Gasteiger partial charge in [0.05, 0.1) is 11.6 Å². The number of carbonyl (C=O) groups excluding carboxylic acids is 1. The summed E-state index contributed by atoms with van der Waals surface area (Å²) in [4.78, 5) is 12.1. The summed E-state index contributed by atoms with van der Waals surface area (Å²) < 4.78 is 5.60. The predicted octanol–water partition coefficient (Wildman–Crippen LogP) is 1.92. The lowest BCUT2D eigenvalue weighted by Gasteiger charge is -2.30. The molecule has 2 unspecified atom stereocenters. The molecule has 1 heterocycles. The van der Waals surface area contributed by atoms with Crippen molar-refractivity contribution in [3.63, 3.8) is 0 Å². The number of ether oxygens (including phenoxy) is 1. The van der Waals surface area contributed by atoms with E-state index in [0.717, 1.165) is 5.56 Å². The van der Waals surface area contributed by atoms with Crippen LogP contribution < -0.4 is 10.1 Å². The molecule has 2 rings (SSSR count). The largest absolute Gasteiger partial charge is 0.480 e. The van der Waals surface area contributed by atoms with Crippen LogP contribution in [0.2, 0.25) is 5.02 Å². The third kappa shape index (κ3) is 3.01. The van der Waals surface area contributed by atoms with E-state index in [-0.39, 0.29) is 5.91 Å². The Morgan fingerprint density at radius 3 is 2.89 bits per heavy atom. The second kappa shape index (κ2) is 5.02. The summed E-state index contributed by atoms with van der Waals surface area (Å²) in [5.41, 5.74) is 0.245. The van der Waals surface area contributed by atoms with Crippen LogP contribution in [0.1, 0.15) is 26.3 Å². The van der Waals surface area contributed by atoms with Gasteiger partial charge in [0.25, 0.3) is 5.91 Å². The van der Waals surface area contributed by atoms with Gasteiger partial charge in [0.2, 0.25) is 0 Å². The lowest BCUT2D eigenvalue weighted by molar-refractivity contribution is -0.130. The molecule has 1 aromatic carbocycles. The van der Waals surface area contributed by atoms with Crippen LogP contribution in [0.5, 0.6) is 5.75 Å². The van der Waals surface area contributed by atoms with Crippen LogP contribution in [-0.2, 0) is 11.2 Å². The minimum Gasteiger partial charge on any atom is -0.480 e. The van der Waals surface area contributed by atoms with Crippen LogP contribution in [0.4, 0.5) is 0 Å². The highest BCUT2D eigenvalue weighted by atomic mass is 35.5. The average molecular weight is 284 g/mol. The van der Waals surface area contributed by atoms with E-state index < -0.39 is 17.7 Å². The maximum atomic E-state index is 12.1. The summed E-state index contributed by atoms with van der Waals surface area (Å²) in [5.74, 6) is 0.470. The average Bonchev–Trinajstić information content (AvgIpc) is 2.71. The van der Waals surface area contributed by atoms with Crippen molar-refractivity contribution in [2.75, 3.05) is 0 Å². The monoisotopic (exact) mass is 283 g/mol. The van der Waals surface area contributed by atoms with E-state index in [1.807, 2.05) is 6.07 Å². The Morgan fingerprint density at radius 1 is 1.58 bits per heavy atom. The third-order valence-corrected chi connectivity index (χ3v) is 3.71. The first-order valence-electron chi connectivity index (χ1n) is 6.25. The zero-order chi connectivity index (χ0) is 14.2. The molecule has 0 fully saturated rings. The maximum absolute atomic E-state index is 12.1. The fraction of sp³-hybridized carbons (Fsp3) is 0.500. The molecular formula is C14H18ClNO3. The number of aliphatic hydroxyl groups is 1. The lowest BCUT2D eigenvalue weighted by atomic mass is 9.98. The van der Waals surface area contributed by atoms with E-state index in [4.69, 9.17) is 16.3 Å². The molecule has 104 valence electrons. The quantitative estimate of drug-likeness (QED) is 0.891. The van der Waals surface area contributed by atoms with Crippen LogP contribution in [0, 0.1) is 0 Å². The van der Waals surface area contributed by atoms with Crippen molar-refractivity contribution in [3.05, 3.63) is 28.8 Å². The van der Waals surface area contributed by atoms with E-state index in [0.29, 0.717) is 17.2 Å². The summed E-state index contributed by atoms with van der Waals surface area (Å²) in [7, 11) is 0. The number of nitrogens with one attached hydrogen (secondary N) is 1. The summed E-state index contributed by atoms with van der Waals surface area (Å²) in [6, 6.07) is 5.31. The van der Waals surface area contributed by atoms with Crippen LogP contribution in [0.3, 0.4) is 0 Å². The van der Waals surface area contributed by atoms with E-state index >= 15 is 0 Å². The molecule has 0 spiro atoms. The van der Waals surface area contributed by atoms with Gasteiger partial charge < -0.3 is 15.2 Å². The van der Waals surface area contributed by atoms with Crippen molar-refractivity contribution in [1.82, 2.24) is 5.32 Å². The van der Waals surface area contributed by atoms with Crippen molar-refractivity contribution in [3.8, 4) is 5.75 Å². The van der Waals surface area contributed by atoms with Crippen LogP contribution in [0.25, 0.3) is 0 Å². The summed E-state index contributed by atoms with van der Waals surface area (Å²) in [6.45, 7) is 5.19. The van der Waals surface area contributed by atoms with Gasteiger partial charge in [0.1, 0.15) is 5.75 Å². The summed E-state index contributed by atoms with van der Waals surface area (Å²) in [6.07, 6.45) is -0.710. The molecule has 2 atom stereocenters. The van der Waals surface area contributed by atoms with Crippen molar-refractivity contribution in [2.45, 2.75) is 44.9 Å². The van der Waals surface area contributed by atoms with Gasteiger partial charge in [0.15, 0.2) is 6.10 Å². The van der Waals surface area contributed by atoms with Gasteiger partial charge in [-0.2, -0.15) is 0 Å². The fourth-order valence-electron chi connectivity index (χ4n) is 1.87. The van der Waals surface area contributed by atoms with Gasteiger partial charge >= 0.3 is 0 Å². The highest BCUT2D eigenvalue weighted by molar-refractivity contribution is 6.30. The standard InChI is InChI=1S/C14H18ClNO3/c1-8(17)14(2,3)16-13(18)12-7-9-6-10(15)4-5-11(9)19-12/h4-6,8,12,17H,7H2,1-3H3,(H,16,18). The number of carbonyl (C=O) groups is 1. The highest BCUT2D eigenvalue weighted by Crippen LogP contribution is 2.31. The van der Waals surface area contributed by atoms with Gasteiger partial charge in [-0.3, -0.25) is 4.79 Å². The summed E-state index contributed by atoms with van der Waals surface area (Å²) >= 11 is 5.91. The minimum absolute atomic E-state index is 0.224. The number of hydrogen-bond acceptors (Lipinski definition) is 3. The van der Waals surface area contributed by atoms with Crippen molar-refractivity contribution in [1.29, 1.82) is 0 Å². The SMILES string of the molecule is CC(O)C(C)(C)NC(=O)C1Cc2cc(Cl)ccc2O1. The van der Waals surface area contributed by atoms with Gasteiger partial charge in [-0.15, -0.1) is 0 Å². The number of amides is 1. The molecule has 1 amide bonds. The number of hydrogen-bond donors (Lipinski definition) is 2. The molecule has 0 aliphatic carbocycles. The molecule has 1 aliphatic rings. The van der Waals surface area contributed by atoms with Crippen LogP contribution >= 0.6 is 11.6 Å². The Labute approximate surface area is 117 Å². The van der Waals surface area contributed by atoms with Gasteiger partial charge in [-0.05, 0) is 44.5 Å². The smallest absolute Gasteiger partial charge is 0.261 e.